The Bertz CT molecular complexity index is 529. The summed E-state index contributed by atoms with van der Waals surface area (Å²) in [6.45, 7) is 0. The molecule has 0 aliphatic heterocycles. The van der Waals surface area contributed by atoms with Crippen LogP contribution in [0.1, 0.15) is 11.1 Å². The Morgan fingerprint density at radius 1 is 1.16 bits per heavy atom. The third-order valence-corrected chi connectivity index (χ3v) is 3.11. The summed E-state index contributed by atoms with van der Waals surface area (Å²) in [4.78, 5) is 4.05. The van der Waals surface area contributed by atoms with Gasteiger partial charge >= 0.3 is 0 Å². The summed E-state index contributed by atoms with van der Waals surface area (Å²) in [5.41, 5.74) is 1.46. The maximum Gasteiger partial charge on any atom is 0.162 e. The lowest BCUT2D eigenvalue weighted by Crippen LogP contribution is -2.30. The molecule has 4 heteroatoms. The molecule has 1 heterocycles. The van der Waals surface area contributed by atoms with Crippen molar-refractivity contribution in [1.82, 2.24) is 10.3 Å². The Morgan fingerprint density at radius 2 is 2.00 bits per heavy atom. The van der Waals surface area contributed by atoms with Gasteiger partial charge in [-0.3, -0.25) is 4.98 Å². The van der Waals surface area contributed by atoms with Gasteiger partial charge in [-0.15, -0.1) is 0 Å². The lowest BCUT2D eigenvalue weighted by atomic mass is 9.99. The molecular weight excluding hydrogens is 246 g/mol. The van der Waals surface area contributed by atoms with Gasteiger partial charge in [-0.25, -0.2) is 8.78 Å². The van der Waals surface area contributed by atoms with Gasteiger partial charge in [0.1, 0.15) is 0 Å². The average Bonchev–Trinajstić information content (AvgIpc) is 2.44. The Morgan fingerprint density at radius 3 is 2.68 bits per heavy atom. The average molecular weight is 262 g/mol. The van der Waals surface area contributed by atoms with E-state index in [1.807, 2.05) is 19.2 Å². The standard InChI is InChI=1S/C15H16F2N2/c1-18-13(8-11-4-3-7-19-10-11)9-12-5-2-6-14(16)15(12)17/h2-7,10,13,18H,8-9H2,1H3. The number of nitrogens with one attached hydrogen (secondary N) is 1. The molecule has 19 heavy (non-hydrogen) atoms. The molecule has 2 aromatic rings. The Hall–Kier alpha value is -1.81. The van der Waals surface area contributed by atoms with E-state index in [0.29, 0.717) is 12.0 Å². The van der Waals surface area contributed by atoms with E-state index in [2.05, 4.69) is 10.3 Å². The van der Waals surface area contributed by atoms with Crippen LogP contribution in [0.4, 0.5) is 8.78 Å². The van der Waals surface area contributed by atoms with Crippen molar-refractivity contribution < 1.29 is 8.78 Å². The number of likely N-dealkylation sites (N-methyl/N-ethyl adjacent to an activating group) is 1. The molecule has 1 unspecified atom stereocenters. The highest BCUT2D eigenvalue weighted by molar-refractivity contribution is 5.21. The van der Waals surface area contributed by atoms with Gasteiger partial charge in [0.2, 0.25) is 0 Å². The summed E-state index contributed by atoms with van der Waals surface area (Å²) in [6.07, 6.45) is 4.66. The second-order valence-corrected chi connectivity index (χ2v) is 4.47. The van der Waals surface area contributed by atoms with Crippen molar-refractivity contribution in [3.05, 3.63) is 65.5 Å². The molecule has 0 amide bonds. The summed E-state index contributed by atoms with van der Waals surface area (Å²) in [5.74, 6) is -1.55. The summed E-state index contributed by atoms with van der Waals surface area (Å²) in [6, 6.07) is 8.16. The van der Waals surface area contributed by atoms with Gasteiger partial charge < -0.3 is 5.32 Å². The van der Waals surface area contributed by atoms with E-state index < -0.39 is 11.6 Å². The van der Waals surface area contributed by atoms with Crippen LogP contribution in [-0.2, 0) is 12.8 Å². The topological polar surface area (TPSA) is 24.9 Å². The monoisotopic (exact) mass is 262 g/mol. The summed E-state index contributed by atoms with van der Waals surface area (Å²) >= 11 is 0. The number of hydrogen-bond donors (Lipinski definition) is 1. The second-order valence-electron chi connectivity index (χ2n) is 4.47. The maximum atomic E-state index is 13.6. The Kier molecular flexibility index (Phi) is 4.58. The molecule has 0 radical (unpaired) electrons. The van der Waals surface area contributed by atoms with Crippen molar-refractivity contribution >= 4 is 0 Å². The van der Waals surface area contributed by atoms with Crippen LogP contribution in [0.3, 0.4) is 0 Å². The van der Waals surface area contributed by atoms with Crippen LogP contribution in [0.2, 0.25) is 0 Å². The first-order valence-corrected chi connectivity index (χ1v) is 6.19. The predicted octanol–water partition coefficient (Wildman–Crippen LogP) is 2.73. The molecule has 0 fully saturated rings. The molecule has 1 aromatic carbocycles. The summed E-state index contributed by atoms with van der Waals surface area (Å²) < 4.78 is 26.8. The van der Waals surface area contributed by atoms with Gasteiger partial charge in [-0.05, 0) is 43.1 Å². The largest absolute Gasteiger partial charge is 0.316 e. The minimum Gasteiger partial charge on any atom is -0.316 e. The van der Waals surface area contributed by atoms with Crippen molar-refractivity contribution in [2.24, 2.45) is 0 Å². The van der Waals surface area contributed by atoms with Crippen LogP contribution in [0.15, 0.2) is 42.7 Å². The Balaban J connectivity index is 2.09. The van der Waals surface area contributed by atoms with Gasteiger partial charge in [0.05, 0.1) is 0 Å². The second kappa shape index (κ2) is 6.38. The number of aromatic nitrogens is 1. The third-order valence-electron chi connectivity index (χ3n) is 3.11. The van der Waals surface area contributed by atoms with Gasteiger partial charge in [-0.2, -0.15) is 0 Å². The fourth-order valence-electron chi connectivity index (χ4n) is 2.05. The molecule has 2 rings (SSSR count). The highest BCUT2D eigenvalue weighted by Gasteiger charge is 2.13. The third kappa shape index (κ3) is 3.58. The molecule has 0 spiro atoms. The zero-order chi connectivity index (χ0) is 13.7. The van der Waals surface area contributed by atoms with Crippen molar-refractivity contribution in [2.75, 3.05) is 7.05 Å². The molecule has 1 atom stereocenters. The highest BCUT2D eigenvalue weighted by atomic mass is 19.2. The first-order valence-electron chi connectivity index (χ1n) is 6.19. The van der Waals surface area contributed by atoms with E-state index in [0.717, 1.165) is 18.1 Å². The number of rotatable bonds is 5. The fourth-order valence-corrected chi connectivity index (χ4v) is 2.05. The van der Waals surface area contributed by atoms with Crippen LogP contribution >= 0.6 is 0 Å². The molecular formula is C15H16F2N2. The van der Waals surface area contributed by atoms with E-state index in [4.69, 9.17) is 0 Å². The minimum absolute atomic E-state index is 0.0421. The van der Waals surface area contributed by atoms with Gasteiger partial charge in [0, 0.05) is 18.4 Å². The number of hydrogen-bond acceptors (Lipinski definition) is 2. The van der Waals surface area contributed by atoms with E-state index in [1.165, 1.54) is 6.07 Å². The van der Waals surface area contributed by atoms with Gasteiger partial charge in [0.25, 0.3) is 0 Å². The van der Waals surface area contributed by atoms with E-state index in [9.17, 15) is 8.78 Å². The maximum absolute atomic E-state index is 13.6. The molecule has 0 aliphatic carbocycles. The predicted molar refractivity (Wildman–Crippen MR) is 70.9 cm³/mol. The van der Waals surface area contributed by atoms with Crippen LogP contribution in [-0.4, -0.2) is 18.1 Å². The van der Waals surface area contributed by atoms with Crippen LogP contribution in [0.5, 0.6) is 0 Å². The quantitative estimate of drug-likeness (QED) is 0.896. The van der Waals surface area contributed by atoms with Crippen LogP contribution in [0.25, 0.3) is 0 Å². The molecule has 0 saturated heterocycles. The first-order chi connectivity index (χ1) is 9.20. The smallest absolute Gasteiger partial charge is 0.162 e. The summed E-state index contributed by atoms with van der Waals surface area (Å²) in [5, 5.41) is 3.13. The molecule has 0 saturated carbocycles. The molecule has 1 N–H and O–H groups in total. The number of pyridine rings is 1. The van der Waals surface area contributed by atoms with E-state index in [-0.39, 0.29) is 6.04 Å². The van der Waals surface area contributed by atoms with Gasteiger partial charge in [-0.1, -0.05) is 18.2 Å². The van der Waals surface area contributed by atoms with Crippen molar-refractivity contribution in [3.63, 3.8) is 0 Å². The van der Waals surface area contributed by atoms with E-state index >= 15 is 0 Å². The number of nitrogens with zero attached hydrogens (tertiary/aromatic N) is 1. The lowest BCUT2D eigenvalue weighted by Gasteiger charge is -2.16. The molecule has 100 valence electrons. The molecule has 2 nitrogen and oxygen atoms in total. The molecule has 1 aromatic heterocycles. The highest BCUT2D eigenvalue weighted by Crippen LogP contribution is 2.14. The lowest BCUT2D eigenvalue weighted by molar-refractivity contribution is 0.482. The van der Waals surface area contributed by atoms with Gasteiger partial charge in [0.15, 0.2) is 11.6 Å². The minimum atomic E-state index is -0.797. The van der Waals surface area contributed by atoms with Crippen LogP contribution < -0.4 is 5.32 Å². The normalized spacial score (nSPS) is 12.4. The fraction of sp³-hybridized carbons (Fsp3) is 0.267. The zero-order valence-corrected chi connectivity index (χ0v) is 10.7. The first kappa shape index (κ1) is 13.6. The SMILES string of the molecule is CNC(Cc1cccnc1)Cc1cccc(F)c1F. The Labute approximate surface area is 111 Å². The van der Waals surface area contributed by atoms with Crippen molar-refractivity contribution in [3.8, 4) is 0 Å². The van der Waals surface area contributed by atoms with E-state index in [1.54, 1.807) is 18.5 Å². The zero-order valence-electron chi connectivity index (χ0n) is 10.7. The van der Waals surface area contributed by atoms with Crippen molar-refractivity contribution in [1.29, 1.82) is 0 Å². The molecule has 0 aliphatic rings. The number of benzene rings is 1. The summed E-state index contributed by atoms with van der Waals surface area (Å²) in [7, 11) is 1.82. The van der Waals surface area contributed by atoms with Crippen molar-refractivity contribution in [2.45, 2.75) is 18.9 Å². The molecule has 0 bridgehead atoms. The number of halogens is 2. The van der Waals surface area contributed by atoms with Crippen LogP contribution in [0, 0.1) is 11.6 Å².